The Bertz CT molecular complexity index is 723. The van der Waals surface area contributed by atoms with Crippen molar-refractivity contribution >= 4 is 17.2 Å². The van der Waals surface area contributed by atoms with Crippen LogP contribution in [0.2, 0.25) is 0 Å². The molecule has 0 spiro atoms. The maximum absolute atomic E-state index is 12.0. The summed E-state index contributed by atoms with van der Waals surface area (Å²) >= 11 is 1.44. The van der Waals surface area contributed by atoms with Gasteiger partial charge in [-0.25, -0.2) is 9.97 Å². The number of hydrogen-bond acceptors (Lipinski definition) is 5. The van der Waals surface area contributed by atoms with E-state index in [4.69, 9.17) is 0 Å². The van der Waals surface area contributed by atoms with Gasteiger partial charge in [0.05, 0.1) is 6.33 Å². The van der Waals surface area contributed by atoms with Crippen LogP contribution in [0.3, 0.4) is 0 Å². The number of hydrogen-bond donors (Lipinski definition) is 1. The van der Waals surface area contributed by atoms with E-state index in [1.807, 2.05) is 22.9 Å². The van der Waals surface area contributed by atoms with Gasteiger partial charge in [0.2, 0.25) is 0 Å². The van der Waals surface area contributed by atoms with Crippen LogP contribution in [0, 0.1) is 0 Å². The molecule has 0 fully saturated rings. The van der Waals surface area contributed by atoms with E-state index in [1.165, 1.54) is 11.3 Å². The lowest BCUT2D eigenvalue weighted by Gasteiger charge is -2.04. The van der Waals surface area contributed by atoms with Gasteiger partial charge in [0.15, 0.2) is 0 Å². The number of nitrogens with zero attached hydrogens (tertiary/aromatic N) is 4. The van der Waals surface area contributed by atoms with Crippen molar-refractivity contribution in [1.29, 1.82) is 0 Å². The summed E-state index contributed by atoms with van der Waals surface area (Å²) in [5.74, 6) is -0.142. The lowest BCUT2D eigenvalue weighted by molar-refractivity contribution is 0.0948. The Labute approximate surface area is 131 Å². The van der Waals surface area contributed by atoms with E-state index in [2.05, 4.69) is 20.3 Å². The SMILES string of the molecule is O=C(NCCCn1ccnc1)c1csc(-c2cccnc2)n1. The topological polar surface area (TPSA) is 72.7 Å². The molecule has 112 valence electrons. The fraction of sp³-hybridized carbons (Fsp3) is 0.200. The van der Waals surface area contributed by atoms with Crippen molar-refractivity contribution in [1.82, 2.24) is 24.8 Å². The van der Waals surface area contributed by atoms with E-state index < -0.39 is 0 Å². The normalized spacial score (nSPS) is 10.5. The van der Waals surface area contributed by atoms with Gasteiger partial charge in [-0.15, -0.1) is 11.3 Å². The van der Waals surface area contributed by atoms with Gasteiger partial charge in [-0.3, -0.25) is 9.78 Å². The van der Waals surface area contributed by atoms with Crippen LogP contribution in [0.4, 0.5) is 0 Å². The van der Waals surface area contributed by atoms with E-state index >= 15 is 0 Å². The van der Waals surface area contributed by atoms with Gasteiger partial charge in [0.25, 0.3) is 5.91 Å². The highest BCUT2D eigenvalue weighted by Gasteiger charge is 2.11. The molecule has 7 heteroatoms. The summed E-state index contributed by atoms with van der Waals surface area (Å²) in [6.45, 7) is 1.44. The number of carbonyl (C=O) groups is 1. The minimum absolute atomic E-state index is 0.142. The van der Waals surface area contributed by atoms with E-state index in [0.717, 1.165) is 23.5 Å². The maximum Gasteiger partial charge on any atom is 0.270 e. The molecule has 22 heavy (non-hydrogen) atoms. The second-order valence-corrected chi connectivity index (χ2v) is 5.55. The molecule has 0 atom stereocenters. The summed E-state index contributed by atoms with van der Waals surface area (Å²) in [5, 5.41) is 5.46. The molecule has 3 aromatic heterocycles. The van der Waals surface area contributed by atoms with Crippen molar-refractivity contribution in [3.05, 3.63) is 54.3 Å². The second kappa shape index (κ2) is 6.95. The van der Waals surface area contributed by atoms with Crippen LogP contribution in [-0.2, 0) is 6.54 Å². The van der Waals surface area contributed by atoms with Crippen LogP contribution < -0.4 is 5.32 Å². The fourth-order valence-electron chi connectivity index (χ4n) is 1.97. The zero-order valence-corrected chi connectivity index (χ0v) is 12.7. The van der Waals surface area contributed by atoms with Gasteiger partial charge >= 0.3 is 0 Å². The molecule has 0 bridgehead atoms. The summed E-state index contributed by atoms with van der Waals surface area (Å²) in [6, 6.07) is 3.78. The number of rotatable bonds is 6. The average molecular weight is 313 g/mol. The molecular weight excluding hydrogens is 298 g/mol. The van der Waals surface area contributed by atoms with Crippen LogP contribution in [0.5, 0.6) is 0 Å². The number of pyridine rings is 1. The number of amides is 1. The molecule has 0 saturated heterocycles. The zero-order valence-electron chi connectivity index (χ0n) is 11.8. The summed E-state index contributed by atoms with van der Waals surface area (Å²) in [4.78, 5) is 24.4. The fourth-order valence-corrected chi connectivity index (χ4v) is 2.76. The molecule has 3 rings (SSSR count). The molecule has 6 nitrogen and oxygen atoms in total. The number of aromatic nitrogens is 4. The first kappa shape index (κ1) is 14.4. The van der Waals surface area contributed by atoms with Crippen LogP contribution in [-0.4, -0.2) is 32.0 Å². The minimum atomic E-state index is -0.142. The van der Waals surface area contributed by atoms with Gasteiger partial charge in [-0.1, -0.05) is 0 Å². The zero-order chi connectivity index (χ0) is 15.2. The van der Waals surface area contributed by atoms with Gasteiger partial charge < -0.3 is 9.88 Å². The summed E-state index contributed by atoms with van der Waals surface area (Å²) in [7, 11) is 0. The first-order chi connectivity index (χ1) is 10.8. The molecule has 0 unspecified atom stereocenters. The standard InChI is InChI=1S/C15H15N5OS/c21-14(18-5-2-7-20-8-6-17-11-20)13-10-22-15(19-13)12-3-1-4-16-9-12/h1,3-4,6,8-11H,2,5,7H2,(H,18,21). The third kappa shape index (κ3) is 3.56. The first-order valence-electron chi connectivity index (χ1n) is 6.93. The Morgan fingerprint density at radius 1 is 1.32 bits per heavy atom. The summed E-state index contributed by atoms with van der Waals surface area (Å²) in [5.41, 5.74) is 1.37. The van der Waals surface area contributed by atoms with Crippen molar-refractivity contribution in [3.63, 3.8) is 0 Å². The van der Waals surface area contributed by atoms with Gasteiger partial charge in [-0.05, 0) is 18.6 Å². The molecule has 3 aromatic rings. The first-order valence-corrected chi connectivity index (χ1v) is 7.81. The molecular formula is C15H15N5OS. The Hall–Kier alpha value is -2.54. The largest absolute Gasteiger partial charge is 0.351 e. The van der Waals surface area contributed by atoms with E-state index in [0.29, 0.717) is 12.2 Å². The molecule has 1 N–H and O–H groups in total. The molecule has 0 saturated carbocycles. The molecule has 0 aliphatic heterocycles. The van der Waals surface area contributed by atoms with Crippen molar-refractivity contribution < 1.29 is 4.79 Å². The average Bonchev–Trinajstić information content (AvgIpc) is 3.24. The number of carbonyl (C=O) groups excluding carboxylic acids is 1. The third-order valence-corrected chi connectivity index (χ3v) is 3.97. The van der Waals surface area contributed by atoms with Crippen LogP contribution in [0.25, 0.3) is 10.6 Å². The van der Waals surface area contributed by atoms with E-state index in [9.17, 15) is 4.79 Å². The lowest BCUT2D eigenvalue weighted by Crippen LogP contribution is -2.25. The highest BCUT2D eigenvalue weighted by atomic mass is 32.1. The Kier molecular flexibility index (Phi) is 4.55. The monoisotopic (exact) mass is 313 g/mol. The lowest BCUT2D eigenvalue weighted by atomic mass is 10.3. The molecule has 0 aliphatic rings. The predicted molar refractivity (Wildman–Crippen MR) is 84.5 cm³/mol. The number of thiazole rings is 1. The van der Waals surface area contributed by atoms with Gasteiger partial charge in [-0.2, -0.15) is 0 Å². The Balaban J connectivity index is 1.51. The van der Waals surface area contributed by atoms with Crippen molar-refractivity contribution in [2.75, 3.05) is 6.54 Å². The number of imidazole rings is 1. The van der Waals surface area contributed by atoms with E-state index in [1.54, 1.807) is 30.3 Å². The Morgan fingerprint density at radius 3 is 3.05 bits per heavy atom. The van der Waals surface area contributed by atoms with Crippen LogP contribution in [0.15, 0.2) is 48.6 Å². The van der Waals surface area contributed by atoms with Crippen LogP contribution >= 0.6 is 11.3 Å². The smallest absolute Gasteiger partial charge is 0.270 e. The van der Waals surface area contributed by atoms with Gasteiger partial charge in [0.1, 0.15) is 10.7 Å². The molecule has 3 heterocycles. The Morgan fingerprint density at radius 2 is 2.27 bits per heavy atom. The third-order valence-electron chi connectivity index (χ3n) is 3.08. The second-order valence-electron chi connectivity index (χ2n) is 4.69. The van der Waals surface area contributed by atoms with E-state index in [-0.39, 0.29) is 5.91 Å². The minimum Gasteiger partial charge on any atom is -0.351 e. The van der Waals surface area contributed by atoms with Crippen molar-refractivity contribution in [2.45, 2.75) is 13.0 Å². The maximum atomic E-state index is 12.0. The summed E-state index contributed by atoms with van der Waals surface area (Å²) in [6.07, 6.45) is 9.72. The number of nitrogens with one attached hydrogen (secondary N) is 1. The molecule has 0 aromatic carbocycles. The molecule has 1 amide bonds. The highest BCUT2D eigenvalue weighted by Crippen LogP contribution is 2.22. The van der Waals surface area contributed by atoms with Crippen molar-refractivity contribution in [2.24, 2.45) is 0 Å². The summed E-state index contributed by atoms with van der Waals surface area (Å²) < 4.78 is 1.98. The quantitative estimate of drug-likeness (QED) is 0.708. The van der Waals surface area contributed by atoms with Gasteiger partial charge in [0, 0.05) is 48.8 Å². The molecule has 0 radical (unpaired) electrons. The highest BCUT2D eigenvalue weighted by molar-refractivity contribution is 7.13. The predicted octanol–water partition coefficient (Wildman–Crippen LogP) is 2.22. The number of aryl methyl sites for hydroxylation is 1. The van der Waals surface area contributed by atoms with Crippen LogP contribution in [0.1, 0.15) is 16.9 Å². The molecule has 0 aliphatic carbocycles. The van der Waals surface area contributed by atoms with Crippen molar-refractivity contribution in [3.8, 4) is 10.6 Å².